The van der Waals surface area contributed by atoms with E-state index in [4.69, 9.17) is 4.74 Å². The van der Waals surface area contributed by atoms with Crippen molar-refractivity contribution in [2.45, 2.75) is 17.9 Å². The van der Waals surface area contributed by atoms with E-state index in [-0.39, 0.29) is 12.6 Å². The number of hydrogen-bond donors (Lipinski definition) is 1. The summed E-state index contributed by atoms with van der Waals surface area (Å²) in [7, 11) is 0.0650. The maximum absolute atomic E-state index is 12.0. The van der Waals surface area contributed by atoms with Crippen LogP contribution in [0, 0.1) is 0 Å². The summed E-state index contributed by atoms with van der Waals surface area (Å²) in [6.07, 6.45) is 0.677. The van der Waals surface area contributed by atoms with E-state index in [9.17, 15) is 18.0 Å². The fourth-order valence-electron chi connectivity index (χ4n) is 1.35. The smallest absolute Gasteiger partial charge is 0.330 e. The molecule has 1 aromatic heterocycles. The Labute approximate surface area is 110 Å². The van der Waals surface area contributed by atoms with Gasteiger partial charge in [-0.1, -0.05) is 0 Å². The number of aromatic nitrogens is 2. The lowest BCUT2D eigenvalue weighted by atomic mass is 10.4. The first-order valence-electron chi connectivity index (χ1n) is 5.50. The van der Waals surface area contributed by atoms with E-state index in [0.717, 1.165) is 15.3 Å². The summed E-state index contributed by atoms with van der Waals surface area (Å²) in [6, 6.07) is 0. The molecule has 0 spiro atoms. The lowest BCUT2D eigenvalue weighted by Gasteiger charge is -2.12. The lowest BCUT2D eigenvalue weighted by Crippen LogP contribution is -2.42. The molecule has 0 aromatic carbocycles. The van der Waals surface area contributed by atoms with E-state index in [1.807, 2.05) is 0 Å². The Bertz CT molecular complexity index is 673. The zero-order chi connectivity index (χ0) is 14.8. The van der Waals surface area contributed by atoms with Gasteiger partial charge in [0.15, 0.2) is 4.90 Å². The highest BCUT2D eigenvalue weighted by molar-refractivity contribution is 7.89. The van der Waals surface area contributed by atoms with E-state index >= 15 is 0 Å². The van der Waals surface area contributed by atoms with Crippen LogP contribution in [0.5, 0.6) is 0 Å². The molecule has 0 saturated carbocycles. The normalized spacial score (nSPS) is 13.5. The average Bonchev–Trinajstić information content (AvgIpc) is 2.37. The van der Waals surface area contributed by atoms with Crippen LogP contribution in [0.25, 0.3) is 0 Å². The maximum atomic E-state index is 12.0. The Morgan fingerprint density at radius 1 is 1.37 bits per heavy atom. The first-order valence-corrected chi connectivity index (χ1v) is 6.98. The summed E-state index contributed by atoms with van der Waals surface area (Å²) in [4.78, 5) is 22.8. The number of methoxy groups -OCH3 is 1. The molecule has 0 radical (unpaired) electrons. The van der Waals surface area contributed by atoms with Gasteiger partial charge in [0.25, 0.3) is 5.56 Å². The number of hydrogen-bond acceptors (Lipinski definition) is 5. The molecule has 0 aliphatic carbocycles. The molecule has 1 heterocycles. The Hall–Kier alpha value is -1.45. The molecule has 19 heavy (non-hydrogen) atoms. The SMILES string of the molecule is COC(C)CNS(=O)(=O)c1cn(C)c(=O)n(C)c1=O. The van der Waals surface area contributed by atoms with Gasteiger partial charge >= 0.3 is 5.69 Å². The fraction of sp³-hybridized carbons (Fsp3) is 0.600. The molecule has 1 N–H and O–H groups in total. The van der Waals surface area contributed by atoms with Gasteiger partial charge in [0.2, 0.25) is 10.0 Å². The summed E-state index contributed by atoms with van der Waals surface area (Å²) in [5, 5.41) is 0. The summed E-state index contributed by atoms with van der Waals surface area (Å²) in [6.45, 7) is 1.71. The van der Waals surface area contributed by atoms with Gasteiger partial charge in [-0.05, 0) is 6.92 Å². The van der Waals surface area contributed by atoms with Crippen LogP contribution >= 0.6 is 0 Å². The summed E-state index contributed by atoms with van der Waals surface area (Å²) in [5.74, 6) is 0. The summed E-state index contributed by atoms with van der Waals surface area (Å²) >= 11 is 0. The van der Waals surface area contributed by atoms with Crippen molar-refractivity contribution in [2.75, 3.05) is 13.7 Å². The van der Waals surface area contributed by atoms with Gasteiger partial charge in [-0.3, -0.25) is 9.36 Å². The highest BCUT2D eigenvalue weighted by Crippen LogP contribution is 2.00. The molecule has 0 aliphatic heterocycles. The molecular weight excluding hydrogens is 274 g/mol. The van der Waals surface area contributed by atoms with Crippen molar-refractivity contribution in [3.8, 4) is 0 Å². The van der Waals surface area contributed by atoms with Gasteiger partial charge in [0.1, 0.15) is 0 Å². The largest absolute Gasteiger partial charge is 0.380 e. The van der Waals surface area contributed by atoms with Crippen LogP contribution in [0.4, 0.5) is 0 Å². The zero-order valence-electron chi connectivity index (χ0n) is 11.2. The number of nitrogens with one attached hydrogen (secondary N) is 1. The lowest BCUT2D eigenvalue weighted by molar-refractivity contribution is 0.122. The molecule has 0 aliphatic rings. The first kappa shape index (κ1) is 15.6. The van der Waals surface area contributed by atoms with Crippen molar-refractivity contribution in [1.29, 1.82) is 0 Å². The van der Waals surface area contributed by atoms with Crippen LogP contribution in [0.15, 0.2) is 20.7 Å². The van der Waals surface area contributed by atoms with Gasteiger partial charge < -0.3 is 9.30 Å². The van der Waals surface area contributed by atoms with Crippen molar-refractivity contribution in [2.24, 2.45) is 14.1 Å². The van der Waals surface area contributed by atoms with Crippen LogP contribution in [0.2, 0.25) is 0 Å². The molecule has 0 fully saturated rings. The number of sulfonamides is 1. The van der Waals surface area contributed by atoms with Crippen molar-refractivity contribution in [3.05, 3.63) is 27.0 Å². The molecule has 1 unspecified atom stereocenters. The molecule has 0 amide bonds. The third-order valence-corrected chi connectivity index (χ3v) is 4.07. The van der Waals surface area contributed by atoms with Gasteiger partial charge in [0.05, 0.1) is 6.10 Å². The molecule has 1 rings (SSSR count). The van der Waals surface area contributed by atoms with Crippen LogP contribution in [-0.2, 0) is 28.9 Å². The maximum Gasteiger partial charge on any atom is 0.330 e. The average molecular weight is 291 g/mol. The highest BCUT2D eigenvalue weighted by atomic mass is 32.2. The second kappa shape index (κ2) is 5.68. The number of rotatable bonds is 5. The van der Waals surface area contributed by atoms with E-state index in [0.29, 0.717) is 0 Å². The molecule has 8 nitrogen and oxygen atoms in total. The minimum atomic E-state index is -3.98. The van der Waals surface area contributed by atoms with Gasteiger partial charge in [-0.25, -0.2) is 17.9 Å². The second-order valence-electron chi connectivity index (χ2n) is 4.15. The summed E-state index contributed by atoms with van der Waals surface area (Å²) < 4.78 is 32.9. The van der Waals surface area contributed by atoms with Crippen LogP contribution in [0.3, 0.4) is 0 Å². The van der Waals surface area contributed by atoms with Crippen LogP contribution in [0.1, 0.15) is 6.92 Å². The predicted octanol–water partition coefficient (Wildman–Crippen LogP) is -1.60. The number of nitrogens with zero attached hydrogens (tertiary/aromatic N) is 2. The third-order valence-electron chi connectivity index (χ3n) is 2.67. The molecule has 0 saturated heterocycles. The monoisotopic (exact) mass is 291 g/mol. The van der Waals surface area contributed by atoms with Crippen LogP contribution in [-0.4, -0.2) is 37.3 Å². The third kappa shape index (κ3) is 3.31. The standard InChI is InChI=1S/C10H17N3O5S/c1-7(18-4)5-11-19(16,17)8-6-12(2)10(15)13(3)9(8)14/h6-7,11H,5H2,1-4H3. The van der Waals surface area contributed by atoms with Crippen LogP contribution < -0.4 is 16.0 Å². The van der Waals surface area contributed by atoms with E-state index < -0.39 is 26.2 Å². The zero-order valence-corrected chi connectivity index (χ0v) is 12.0. The minimum absolute atomic E-state index is 0.0326. The molecule has 1 aromatic rings. The van der Waals surface area contributed by atoms with Gasteiger partial charge in [0, 0.05) is 33.9 Å². The number of aryl methyl sites for hydroxylation is 1. The van der Waals surface area contributed by atoms with Crippen molar-refractivity contribution >= 4 is 10.0 Å². The number of ether oxygens (including phenoxy) is 1. The second-order valence-corrected chi connectivity index (χ2v) is 5.88. The van der Waals surface area contributed by atoms with E-state index in [1.54, 1.807) is 6.92 Å². The molecule has 1 atom stereocenters. The van der Waals surface area contributed by atoms with E-state index in [1.165, 1.54) is 21.2 Å². The van der Waals surface area contributed by atoms with Crippen molar-refractivity contribution < 1.29 is 13.2 Å². The molecule has 108 valence electrons. The van der Waals surface area contributed by atoms with Crippen molar-refractivity contribution in [3.63, 3.8) is 0 Å². The molecule has 9 heteroatoms. The highest BCUT2D eigenvalue weighted by Gasteiger charge is 2.21. The van der Waals surface area contributed by atoms with Gasteiger partial charge in [-0.15, -0.1) is 0 Å². The summed E-state index contributed by atoms with van der Waals surface area (Å²) in [5.41, 5.74) is -1.45. The fourth-order valence-corrected chi connectivity index (χ4v) is 2.62. The Morgan fingerprint density at radius 2 is 1.95 bits per heavy atom. The Morgan fingerprint density at radius 3 is 2.47 bits per heavy atom. The molecular formula is C10H17N3O5S. The minimum Gasteiger partial charge on any atom is -0.380 e. The predicted molar refractivity (Wildman–Crippen MR) is 68.6 cm³/mol. The van der Waals surface area contributed by atoms with Gasteiger partial charge in [-0.2, -0.15) is 0 Å². The topological polar surface area (TPSA) is 99.4 Å². The molecule has 0 bridgehead atoms. The quantitative estimate of drug-likeness (QED) is 0.704. The van der Waals surface area contributed by atoms with E-state index in [2.05, 4.69) is 4.72 Å². The Balaban J connectivity index is 3.24. The first-order chi connectivity index (χ1) is 8.70. The van der Waals surface area contributed by atoms with Crippen molar-refractivity contribution in [1.82, 2.24) is 13.9 Å². The Kier molecular flexibility index (Phi) is 4.66.